The second-order valence-electron chi connectivity index (χ2n) is 4.80. The molecule has 4 nitrogen and oxygen atoms in total. The van der Waals surface area contributed by atoms with Crippen molar-refractivity contribution in [3.8, 4) is 0 Å². The first-order chi connectivity index (χ1) is 10.9. The van der Waals surface area contributed by atoms with Gasteiger partial charge in [-0.25, -0.2) is 4.79 Å². The lowest BCUT2D eigenvalue weighted by atomic mass is 10.2. The molecule has 0 fully saturated rings. The van der Waals surface area contributed by atoms with Gasteiger partial charge < -0.3 is 9.47 Å². The van der Waals surface area contributed by atoms with Crippen LogP contribution in [0.5, 0.6) is 0 Å². The van der Waals surface area contributed by atoms with Crippen molar-refractivity contribution >= 4 is 46.6 Å². The Morgan fingerprint density at radius 1 is 1.30 bits per heavy atom. The first-order valence-electron chi connectivity index (χ1n) is 7.15. The molecule has 0 aliphatic heterocycles. The Kier molecular flexibility index (Phi) is 8.99. The van der Waals surface area contributed by atoms with E-state index in [9.17, 15) is 4.79 Å². The summed E-state index contributed by atoms with van der Waals surface area (Å²) >= 11 is 16.8. The summed E-state index contributed by atoms with van der Waals surface area (Å²) in [5, 5.41) is 3.77. The Labute approximate surface area is 151 Å². The molecule has 0 bridgehead atoms. The maximum absolute atomic E-state index is 11.7. The first-order valence-corrected chi connectivity index (χ1v) is 8.31. The van der Waals surface area contributed by atoms with Crippen LogP contribution in [0.15, 0.2) is 30.0 Å². The number of hydrogen-bond donors (Lipinski definition) is 1. The van der Waals surface area contributed by atoms with Crippen LogP contribution < -0.4 is 5.32 Å². The molecule has 0 aliphatic rings. The zero-order valence-corrected chi connectivity index (χ0v) is 15.4. The number of ether oxygens (including phenoxy) is 2. The number of carbonyl (C=O) groups excluding carboxylic acids is 1. The lowest BCUT2D eigenvalue weighted by molar-refractivity contribution is 0.142. The van der Waals surface area contributed by atoms with Gasteiger partial charge in [0.15, 0.2) is 5.05 Å². The van der Waals surface area contributed by atoms with Gasteiger partial charge in [-0.2, -0.15) is 0 Å². The normalized spacial score (nSPS) is 11.0. The molecular weight excluding hydrogens is 357 g/mol. The number of unbranched alkanes of at least 4 members (excludes halogenated alkanes) is 1. The minimum Gasteiger partial charge on any atom is -0.483 e. The van der Waals surface area contributed by atoms with Crippen molar-refractivity contribution in [2.45, 2.75) is 33.3 Å². The van der Waals surface area contributed by atoms with E-state index in [0.29, 0.717) is 27.4 Å². The number of thiocarbonyl (C=S) groups is 1. The second kappa shape index (κ2) is 10.5. The number of alkyl carbamates (subject to hydrolysis) is 1. The fourth-order valence-electron chi connectivity index (χ4n) is 1.55. The van der Waals surface area contributed by atoms with Crippen molar-refractivity contribution in [3.05, 3.63) is 45.6 Å². The highest BCUT2D eigenvalue weighted by Crippen LogP contribution is 2.22. The van der Waals surface area contributed by atoms with Crippen molar-refractivity contribution in [1.29, 1.82) is 0 Å². The van der Waals surface area contributed by atoms with Gasteiger partial charge in [-0.1, -0.05) is 42.6 Å². The maximum atomic E-state index is 11.7. The fraction of sp³-hybridized carbons (Fsp3) is 0.375. The van der Waals surface area contributed by atoms with Gasteiger partial charge in [0.25, 0.3) is 0 Å². The Balaban J connectivity index is 2.40. The summed E-state index contributed by atoms with van der Waals surface area (Å²) in [6.45, 7) is 4.43. The summed E-state index contributed by atoms with van der Waals surface area (Å²) in [5.41, 5.74) is 1.29. The van der Waals surface area contributed by atoms with E-state index in [1.807, 2.05) is 0 Å². The molecule has 0 aromatic heterocycles. The van der Waals surface area contributed by atoms with Crippen molar-refractivity contribution in [1.82, 2.24) is 5.32 Å². The van der Waals surface area contributed by atoms with E-state index in [0.717, 1.165) is 18.4 Å². The molecule has 0 radical (unpaired) electrons. The number of allylic oxidation sites excluding steroid dienone is 1. The molecule has 0 saturated carbocycles. The van der Waals surface area contributed by atoms with Crippen molar-refractivity contribution in [2.24, 2.45) is 0 Å². The van der Waals surface area contributed by atoms with Crippen LogP contribution >= 0.6 is 35.4 Å². The predicted octanol–water partition coefficient (Wildman–Crippen LogP) is 5.27. The van der Waals surface area contributed by atoms with Gasteiger partial charge >= 0.3 is 6.09 Å². The van der Waals surface area contributed by atoms with E-state index in [-0.39, 0.29) is 6.61 Å². The molecule has 1 aromatic carbocycles. The van der Waals surface area contributed by atoms with Crippen LogP contribution in [0.25, 0.3) is 0 Å². The Hall–Kier alpha value is -1.30. The second-order valence-corrected chi connectivity index (χ2v) is 6.01. The molecule has 0 unspecified atom stereocenters. The number of benzene rings is 1. The largest absolute Gasteiger partial charge is 0.483 e. The zero-order valence-electron chi connectivity index (χ0n) is 13.0. The average molecular weight is 376 g/mol. The third-order valence-corrected chi connectivity index (χ3v) is 3.70. The molecule has 1 amide bonds. The standard InChI is InChI=1S/C16H19Cl2NO3S/c1-3-4-7-21-15(23)8-11(2)19-16(20)22-10-12-5-6-13(17)14(18)9-12/h5-6,8-9H,3-4,7,10H2,1-2H3,(H,19,20). The SMILES string of the molecule is CCCCOC(=S)C=C(C)NC(=O)OCc1ccc(Cl)c(Cl)c1. The Morgan fingerprint density at radius 3 is 2.70 bits per heavy atom. The molecule has 1 rings (SSSR count). The number of hydrogen-bond acceptors (Lipinski definition) is 4. The van der Waals surface area contributed by atoms with E-state index in [1.165, 1.54) is 0 Å². The maximum Gasteiger partial charge on any atom is 0.411 e. The topological polar surface area (TPSA) is 47.6 Å². The van der Waals surface area contributed by atoms with Crippen molar-refractivity contribution in [2.75, 3.05) is 6.61 Å². The van der Waals surface area contributed by atoms with Gasteiger partial charge in [0.1, 0.15) is 6.61 Å². The zero-order chi connectivity index (χ0) is 17.2. The first kappa shape index (κ1) is 19.7. The lowest BCUT2D eigenvalue weighted by Gasteiger charge is -2.09. The smallest absolute Gasteiger partial charge is 0.411 e. The molecule has 23 heavy (non-hydrogen) atoms. The minimum atomic E-state index is -0.582. The van der Waals surface area contributed by atoms with Gasteiger partial charge in [-0.05, 0) is 43.3 Å². The van der Waals surface area contributed by atoms with Crippen LogP contribution in [-0.4, -0.2) is 17.8 Å². The lowest BCUT2D eigenvalue weighted by Crippen LogP contribution is -2.23. The quantitative estimate of drug-likeness (QED) is 0.400. The number of rotatable bonds is 7. The average Bonchev–Trinajstić information content (AvgIpc) is 2.48. The van der Waals surface area contributed by atoms with Crippen LogP contribution in [0, 0.1) is 0 Å². The van der Waals surface area contributed by atoms with Gasteiger partial charge in [-0.3, -0.25) is 5.32 Å². The van der Waals surface area contributed by atoms with E-state index in [2.05, 4.69) is 12.2 Å². The highest BCUT2D eigenvalue weighted by atomic mass is 35.5. The summed E-state index contributed by atoms with van der Waals surface area (Å²) < 4.78 is 10.4. The molecule has 0 heterocycles. The summed E-state index contributed by atoms with van der Waals surface area (Å²) in [6.07, 6.45) is 2.96. The van der Waals surface area contributed by atoms with Crippen LogP contribution in [0.3, 0.4) is 0 Å². The summed E-state index contributed by atoms with van der Waals surface area (Å²) in [6, 6.07) is 5.04. The number of amides is 1. The number of halogens is 2. The van der Waals surface area contributed by atoms with Gasteiger partial charge in [0.05, 0.1) is 16.7 Å². The molecule has 0 saturated heterocycles. The number of nitrogens with one attached hydrogen (secondary N) is 1. The van der Waals surface area contributed by atoms with Crippen LogP contribution in [0.1, 0.15) is 32.3 Å². The van der Waals surface area contributed by atoms with Crippen molar-refractivity contribution in [3.63, 3.8) is 0 Å². The molecule has 126 valence electrons. The van der Waals surface area contributed by atoms with Gasteiger partial charge in [0.2, 0.25) is 0 Å². The van der Waals surface area contributed by atoms with E-state index in [4.69, 9.17) is 44.9 Å². The molecule has 1 N–H and O–H groups in total. The summed E-state index contributed by atoms with van der Waals surface area (Å²) in [4.78, 5) is 11.7. The van der Waals surface area contributed by atoms with Crippen LogP contribution in [-0.2, 0) is 16.1 Å². The van der Waals surface area contributed by atoms with E-state index >= 15 is 0 Å². The molecule has 7 heteroatoms. The molecule has 0 spiro atoms. The van der Waals surface area contributed by atoms with Crippen LogP contribution in [0.2, 0.25) is 10.0 Å². The highest BCUT2D eigenvalue weighted by molar-refractivity contribution is 7.80. The Morgan fingerprint density at radius 2 is 2.04 bits per heavy atom. The summed E-state index contributed by atoms with van der Waals surface area (Å²) in [5.74, 6) is 0. The van der Waals surface area contributed by atoms with E-state index in [1.54, 1.807) is 31.2 Å². The molecule has 0 atom stereocenters. The van der Waals surface area contributed by atoms with Gasteiger partial charge in [0, 0.05) is 11.8 Å². The third-order valence-electron chi connectivity index (χ3n) is 2.73. The number of carbonyl (C=O) groups is 1. The minimum absolute atomic E-state index is 0.0907. The highest BCUT2D eigenvalue weighted by Gasteiger charge is 2.06. The third kappa shape index (κ3) is 8.21. The van der Waals surface area contributed by atoms with E-state index < -0.39 is 6.09 Å². The summed E-state index contributed by atoms with van der Waals surface area (Å²) in [7, 11) is 0. The molecular formula is C16H19Cl2NO3S. The molecule has 1 aromatic rings. The monoisotopic (exact) mass is 375 g/mol. The van der Waals surface area contributed by atoms with Crippen molar-refractivity contribution < 1.29 is 14.3 Å². The van der Waals surface area contributed by atoms with Crippen LogP contribution in [0.4, 0.5) is 4.79 Å². The Bertz CT molecular complexity index is 591. The van der Waals surface area contributed by atoms with Gasteiger partial charge in [-0.15, -0.1) is 0 Å². The molecule has 0 aliphatic carbocycles. The predicted molar refractivity (Wildman–Crippen MR) is 97.0 cm³/mol. The fourth-order valence-corrected chi connectivity index (χ4v) is 2.13.